The van der Waals surface area contributed by atoms with Crippen LogP contribution in [0.15, 0.2) is 22.8 Å². The van der Waals surface area contributed by atoms with Crippen LogP contribution >= 0.6 is 15.9 Å². The summed E-state index contributed by atoms with van der Waals surface area (Å²) in [4.78, 5) is 4.14. The largest absolute Gasteiger partial charge is 0.391 e. The molecule has 0 amide bonds. The Bertz CT molecular complexity index is 274. The van der Waals surface area contributed by atoms with E-state index in [0.29, 0.717) is 6.54 Å². The van der Waals surface area contributed by atoms with Gasteiger partial charge in [-0.05, 0) is 34.0 Å². The first-order chi connectivity index (χ1) is 6.59. The molecule has 1 aromatic heterocycles. The molecule has 1 heterocycles. The maximum Gasteiger partial charge on any atom is 0.126 e. The van der Waals surface area contributed by atoms with Crippen molar-refractivity contribution in [2.24, 2.45) is 5.92 Å². The van der Waals surface area contributed by atoms with Gasteiger partial charge in [0.1, 0.15) is 5.82 Å². The topological polar surface area (TPSA) is 45.1 Å². The number of halogens is 1. The highest BCUT2D eigenvalue weighted by atomic mass is 79.9. The quantitative estimate of drug-likeness (QED) is 0.871. The third-order valence-corrected chi connectivity index (χ3v) is 2.46. The van der Waals surface area contributed by atoms with Crippen LogP contribution in [0.4, 0.5) is 5.82 Å². The summed E-state index contributed by atoms with van der Waals surface area (Å²) in [5.41, 5.74) is 0. The van der Waals surface area contributed by atoms with E-state index in [1.807, 2.05) is 26.0 Å². The fourth-order valence-corrected chi connectivity index (χ4v) is 1.16. The van der Waals surface area contributed by atoms with Gasteiger partial charge in [0.25, 0.3) is 0 Å². The first kappa shape index (κ1) is 11.5. The predicted molar refractivity (Wildman–Crippen MR) is 61.3 cm³/mol. The molecule has 0 saturated heterocycles. The Morgan fingerprint density at radius 2 is 2.21 bits per heavy atom. The van der Waals surface area contributed by atoms with Crippen LogP contribution in [-0.4, -0.2) is 22.7 Å². The standard InChI is InChI=1S/C10H15BrN2O/c1-7(2)9(14)6-13-10-4-3-8(11)5-12-10/h3-5,7,9,14H,6H2,1-2H3,(H,12,13). The van der Waals surface area contributed by atoms with Crippen LogP contribution in [0.5, 0.6) is 0 Å². The Balaban J connectivity index is 2.42. The Labute approximate surface area is 92.7 Å². The molecule has 0 bridgehead atoms. The summed E-state index contributed by atoms with van der Waals surface area (Å²) in [7, 11) is 0. The summed E-state index contributed by atoms with van der Waals surface area (Å²) in [5.74, 6) is 1.05. The third-order valence-electron chi connectivity index (χ3n) is 1.99. The molecule has 1 unspecified atom stereocenters. The molecular formula is C10H15BrN2O. The van der Waals surface area contributed by atoms with Crippen molar-refractivity contribution in [2.45, 2.75) is 20.0 Å². The maximum atomic E-state index is 9.54. The molecule has 4 heteroatoms. The molecule has 3 nitrogen and oxygen atoms in total. The smallest absolute Gasteiger partial charge is 0.126 e. The minimum absolute atomic E-state index is 0.262. The Morgan fingerprint density at radius 1 is 1.50 bits per heavy atom. The molecule has 2 N–H and O–H groups in total. The van der Waals surface area contributed by atoms with Gasteiger partial charge in [-0.2, -0.15) is 0 Å². The van der Waals surface area contributed by atoms with E-state index in [0.717, 1.165) is 10.3 Å². The highest BCUT2D eigenvalue weighted by molar-refractivity contribution is 9.10. The summed E-state index contributed by atoms with van der Waals surface area (Å²) < 4.78 is 0.951. The molecule has 0 radical (unpaired) electrons. The number of rotatable bonds is 4. The first-order valence-corrected chi connectivity index (χ1v) is 5.42. The molecule has 0 fully saturated rings. The number of pyridine rings is 1. The third kappa shape index (κ3) is 3.64. The fraction of sp³-hybridized carbons (Fsp3) is 0.500. The Morgan fingerprint density at radius 3 is 2.71 bits per heavy atom. The van der Waals surface area contributed by atoms with E-state index in [2.05, 4.69) is 26.2 Å². The van der Waals surface area contributed by atoms with Gasteiger partial charge in [0.05, 0.1) is 6.10 Å². The average molecular weight is 259 g/mol. The average Bonchev–Trinajstić information content (AvgIpc) is 2.16. The van der Waals surface area contributed by atoms with Crippen LogP contribution < -0.4 is 5.32 Å². The lowest BCUT2D eigenvalue weighted by atomic mass is 10.1. The summed E-state index contributed by atoms with van der Waals surface area (Å²) >= 11 is 3.31. The molecule has 0 saturated carbocycles. The number of hydrogen-bond donors (Lipinski definition) is 2. The number of anilines is 1. The minimum atomic E-state index is -0.333. The van der Waals surface area contributed by atoms with Crippen molar-refractivity contribution in [3.05, 3.63) is 22.8 Å². The van der Waals surface area contributed by atoms with Crippen molar-refractivity contribution >= 4 is 21.7 Å². The van der Waals surface area contributed by atoms with Crippen molar-refractivity contribution in [1.82, 2.24) is 4.98 Å². The van der Waals surface area contributed by atoms with Crippen LogP contribution in [0.25, 0.3) is 0 Å². The van der Waals surface area contributed by atoms with Crippen LogP contribution in [0.1, 0.15) is 13.8 Å². The zero-order chi connectivity index (χ0) is 10.6. The van der Waals surface area contributed by atoms with Gasteiger partial charge in [0.15, 0.2) is 0 Å². The molecule has 0 aliphatic carbocycles. The van der Waals surface area contributed by atoms with E-state index in [-0.39, 0.29) is 12.0 Å². The summed E-state index contributed by atoms with van der Waals surface area (Å²) in [5, 5.41) is 12.6. The normalized spacial score (nSPS) is 12.9. The molecule has 0 aromatic carbocycles. The van der Waals surface area contributed by atoms with Gasteiger partial charge in [-0.25, -0.2) is 4.98 Å². The van der Waals surface area contributed by atoms with Crippen LogP contribution in [-0.2, 0) is 0 Å². The Hall–Kier alpha value is -0.610. The molecule has 0 aliphatic heterocycles. The van der Waals surface area contributed by atoms with Crippen LogP contribution in [0, 0.1) is 5.92 Å². The molecule has 1 atom stereocenters. The summed E-state index contributed by atoms with van der Waals surface area (Å²) in [6, 6.07) is 3.79. The number of aliphatic hydroxyl groups excluding tert-OH is 1. The van der Waals surface area contributed by atoms with E-state index < -0.39 is 0 Å². The van der Waals surface area contributed by atoms with Crippen molar-refractivity contribution < 1.29 is 5.11 Å². The van der Waals surface area contributed by atoms with Crippen molar-refractivity contribution in [3.8, 4) is 0 Å². The first-order valence-electron chi connectivity index (χ1n) is 4.63. The molecule has 0 spiro atoms. The second-order valence-electron chi connectivity index (χ2n) is 3.55. The maximum absolute atomic E-state index is 9.54. The van der Waals surface area contributed by atoms with E-state index in [1.165, 1.54) is 0 Å². The van der Waals surface area contributed by atoms with Gasteiger partial charge in [0.2, 0.25) is 0 Å². The summed E-state index contributed by atoms with van der Waals surface area (Å²) in [6.45, 7) is 4.51. The van der Waals surface area contributed by atoms with Crippen molar-refractivity contribution in [1.29, 1.82) is 0 Å². The molecule has 1 rings (SSSR count). The molecular weight excluding hydrogens is 244 g/mol. The van der Waals surface area contributed by atoms with Gasteiger partial charge in [-0.3, -0.25) is 0 Å². The SMILES string of the molecule is CC(C)C(O)CNc1ccc(Br)cn1. The highest BCUT2D eigenvalue weighted by Crippen LogP contribution is 2.11. The number of aliphatic hydroxyl groups is 1. The van der Waals surface area contributed by atoms with E-state index in [1.54, 1.807) is 6.20 Å². The van der Waals surface area contributed by atoms with E-state index in [9.17, 15) is 5.11 Å². The monoisotopic (exact) mass is 258 g/mol. The van der Waals surface area contributed by atoms with Gasteiger partial charge in [-0.1, -0.05) is 13.8 Å². The zero-order valence-corrected chi connectivity index (χ0v) is 9.95. The molecule has 0 aliphatic rings. The van der Waals surface area contributed by atoms with Gasteiger partial charge < -0.3 is 10.4 Å². The van der Waals surface area contributed by atoms with Crippen molar-refractivity contribution in [3.63, 3.8) is 0 Å². The highest BCUT2D eigenvalue weighted by Gasteiger charge is 2.08. The van der Waals surface area contributed by atoms with Crippen LogP contribution in [0.3, 0.4) is 0 Å². The van der Waals surface area contributed by atoms with Crippen LogP contribution in [0.2, 0.25) is 0 Å². The van der Waals surface area contributed by atoms with Gasteiger partial charge in [0, 0.05) is 17.2 Å². The molecule has 78 valence electrons. The lowest BCUT2D eigenvalue weighted by Crippen LogP contribution is -2.24. The number of nitrogens with zero attached hydrogens (tertiary/aromatic N) is 1. The number of aromatic nitrogens is 1. The molecule has 1 aromatic rings. The van der Waals surface area contributed by atoms with E-state index in [4.69, 9.17) is 0 Å². The summed E-state index contributed by atoms with van der Waals surface area (Å²) in [6.07, 6.45) is 1.39. The number of hydrogen-bond acceptors (Lipinski definition) is 3. The zero-order valence-electron chi connectivity index (χ0n) is 8.37. The lowest BCUT2D eigenvalue weighted by Gasteiger charge is -2.15. The Kier molecular flexibility index (Phi) is 4.35. The fourth-order valence-electron chi connectivity index (χ4n) is 0.925. The molecule has 14 heavy (non-hydrogen) atoms. The van der Waals surface area contributed by atoms with Gasteiger partial charge in [-0.15, -0.1) is 0 Å². The number of nitrogens with one attached hydrogen (secondary N) is 1. The predicted octanol–water partition coefficient (Wildman–Crippen LogP) is 2.27. The second-order valence-corrected chi connectivity index (χ2v) is 4.47. The second kappa shape index (κ2) is 5.32. The van der Waals surface area contributed by atoms with E-state index >= 15 is 0 Å². The lowest BCUT2D eigenvalue weighted by molar-refractivity contribution is 0.138. The minimum Gasteiger partial charge on any atom is -0.391 e. The van der Waals surface area contributed by atoms with Gasteiger partial charge >= 0.3 is 0 Å². The van der Waals surface area contributed by atoms with Crippen molar-refractivity contribution in [2.75, 3.05) is 11.9 Å².